The second-order valence-electron chi connectivity index (χ2n) is 6.20. The van der Waals surface area contributed by atoms with Crippen LogP contribution in [-0.4, -0.2) is 18.5 Å². The van der Waals surface area contributed by atoms with Crippen molar-refractivity contribution < 1.29 is 9.59 Å². The lowest BCUT2D eigenvalue weighted by Crippen LogP contribution is -2.37. The zero-order valence-corrected chi connectivity index (χ0v) is 14.5. The Morgan fingerprint density at radius 1 is 1.00 bits per heavy atom. The molecule has 0 saturated heterocycles. The largest absolute Gasteiger partial charge is 0.397 e. The standard InChI is InChI=1S/C19H24N4O2/c1-13(2)11-21-19(25)22-12-14-7-9-15(10-8-14)18(24)23-17-6-4-3-5-16(17)20/h3-10,13H,11-12,20H2,1-2H3,(H,23,24)(H2,21,22,25). The van der Waals surface area contributed by atoms with E-state index in [9.17, 15) is 9.59 Å². The summed E-state index contributed by atoms with van der Waals surface area (Å²) in [5, 5.41) is 8.35. The molecule has 0 saturated carbocycles. The van der Waals surface area contributed by atoms with E-state index in [0.717, 1.165) is 5.56 Å². The van der Waals surface area contributed by atoms with Gasteiger partial charge in [-0.1, -0.05) is 38.1 Å². The number of urea groups is 1. The number of carbonyl (C=O) groups excluding carboxylic acids is 2. The molecule has 6 nitrogen and oxygen atoms in total. The number of hydrogen-bond acceptors (Lipinski definition) is 3. The van der Waals surface area contributed by atoms with E-state index in [4.69, 9.17) is 5.73 Å². The van der Waals surface area contributed by atoms with E-state index in [0.29, 0.717) is 35.9 Å². The number of benzene rings is 2. The summed E-state index contributed by atoms with van der Waals surface area (Å²) >= 11 is 0. The maximum absolute atomic E-state index is 12.2. The zero-order chi connectivity index (χ0) is 18.2. The number of rotatable bonds is 6. The van der Waals surface area contributed by atoms with Crippen LogP contribution in [-0.2, 0) is 6.54 Å². The number of nitrogens with one attached hydrogen (secondary N) is 3. The van der Waals surface area contributed by atoms with Gasteiger partial charge in [0.25, 0.3) is 5.91 Å². The average Bonchev–Trinajstić information content (AvgIpc) is 2.60. The first-order valence-corrected chi connectivity index (χ1v) is 8.22. The monoisotopic (exact) mass is 340 g/mol. The first-order valence-electron chi connectivity index (χ1n) is 8.22. The molecule has 132 valence electrons. The van der Waals surface area contributed by atoms with Gasteiger partial charge in [0.15, 0.2) is 0 Å². The van der Waals surface area contributed by atoms with Gasteiger partial charge in [-0.25, -0.2) is 4.79 Å². The van der Waals surface area contributed by atoms with Gasteiger partial charge >= 0.3 is 6.03 Å². The lowest BCUT2D eigenvalue weighted by molar-refractivity contribution is 0.102. The molecule has 3 amide bonds. The van der Waals surface area contributed by atoms with Crippen molar-refractivity contribution in [2.24, 2.45) is 5.92 Å². The highest BCUT2D eigenvalue weighted by Crippen LogP contribution is 2.18. The molecule has 0 aliphatic carbocycles. The Balaban J connectivity index is 1.88. The maximum Gasteiger partial charge on any atom is 0.315 e. The molecule has 0 spiro atoms. The Kier molecular flexibility index (Phi) is 6.39. The highest BCUT2D eigenvalue weighted by atomic mass is 16.2. The summed E-state index contributed by atoms with van der Waals surface area (Å²) in [6.07, 6.45) is 0. The van der Waals surface area contributed by atoms with Crippen molar-refractivity contribution in [2.75, 3.05) is 17.6 Å². The van der Waals surface area contributed by atoms with Crippen LogP contribution in [0.25, 0.3) is 0 Å². The second-order valence-corrected chi connectivity index (χ2v) is 6.20. The molecule has 0 aromatic heterocycles. The molecule has 5 N–H and O–H groups in total. The van der Waals surface area contributed by atoms with E-state index in [2.05, 4.69) is 16.0 Å². The Bertz CT molecular complexity index is 726. The van der Waals surface area contributed by atoms with E-state index in [1.807, 2.05) is 38.1 Å². The molecule has 2 rings (SSSR count). The van der Waals surface area contributed by atoms with Gasteiger partial charge in [0, 0.05) is 18.7 Å². The number of anilines is 2. The third-order valence-electron chi connectivity index (χ3n) is 3.55. The second kappa shape index (κ2) is 8.73. The molecule has 6 heteroatoms. The molecule has 0 unspecified atom stereocenters. The van der Waals surface area contributed by atoms with Crippen LogP contribution in [0.4, 0.5) is 16.2 Å². The molecule has 0 heterocycles. The van der Waals surface area contributed by atoms with E-state index in [-0.39, 0.29) is 11.9 Å². The lowest BCUT2D eigenvalue weighted by atomic mass is 10.1. The molecule has 2 aromatic rings. The van der Waals surface area contributed by atoms with Gasteiger partial charge in [0.05, 0.1) is 11.4 Å². The fourth-order valence-electron chi connectivity index (χ4n) is 2.12. The van der Waals surface area contributed by atoms with Crippen molar-refractivity contribution in [1.82, 2.24) is 10.6 Å². The van der Waals surface area contributed by atoms with E-state index in [1.54, 1.807) is 24.3 Å². The van der Waals surface area contributed by atoms with Crippen molar-refractivity contribution in [3.8, 4) is 0 Å². The van der Waals surface area contributed by atoms with Crippen LogP contribution in [0.2, 0.25) is 0 Å². The quantitative estimate of drug-likeness (QED) is 0.609. The Morgan fingerprint density at radius 2 is 1.68 bits per heavy atom. The summed E-state index contributed by atoms with van der Waals surface area (Å²) in [6, 6.07) is 14.0. The Hall–Kier alpha value is -3.02. The van der Waals surface area contributed by atoms with E-state index >= 15 is 0 Å². The summed E-state index contributed by atoms with van der Waals surface area (Å²) < 4.78 is 0. The Morgan fingerprint density at radius 3 is 2.32 bits per heavy atom. The van der Waals surface area contributed by atoms with Crippen LogP contribution in [0.15, 0.2) is 48.5 Å². The number of para-hydroxylation sites is 2. The van der Waals surface area contributed by atoms with Gasteiger partial charge in [-0.3, -0.25) is 4.79 Å². The van der Waals surface area contributed by atoms with Gasteiger partial charge in [0.2, 0.25) is 0 Å². The highest BCUT2D eigenvalue weighted by molar-refractivity contribution is 6.05. The summed E-state index contributed by atoms with van der Waals surface area (Å²) in [6.45, 7) is 5.10. The summed E-state index contributed by atoms with van der Waals surface area (Å²) in [5.74, 6) is 0.175. The summed E-state index contributed by atoms with van der Waals surface area (Å²) in [4.78, 5) is 23.9. The number of nitrogen functional groups attached to an aromatic ring is 1. The number of hydrogen-bond donors (Lipinski definition) is 4. The van der Waals surface area contributed by atoms with Crippen LogP contribution in [0.1, 0.15) is 29.8 Å². The number of carbonyl (C=O) groups is 2. The van der Waals surface area contributed by atoms with Gasteiger partial charge in [-0.15, -0.1) is 0 Å². The minimum Gasteiger partial charge on any atom is -0.397 e. The average molecular weight is 340 g/mol. The fourth-order valence-corrected chi connectivity index (χ4v) is 2.12. The van der Waals surface area contributed by atoms with Gasteiger partial charge < -0.3 is 21.7 Å². The minimum atomic E-state index is -0.230. The molecular formula is C19H24N4O2. The Labute approximate surface area is 147 Å². The molecule has 0 aliphatic rings. The molecular weight excluding hydrogens is 316 g/mol. The van der Waals surface area contributed by atoms with Gasteiger partial charge in [-0.05, 0) is 35.7 Å². The molecule has 0 aliphatic heterocycles. The molecule has 0 fully saturated rings. The minimum absolute atomic E-state index is 0.199. The summed E-state index contributed by atoms with van der Waals surface area (Å²) in [5.41, 5.74) is 8.36. The number of nitrogens with two attached hydrogens (primary N) is 1. The van der Waals surface area contributed by atoms with Gasteiger partial charge in [-0.2, -0.15) is 0 Å². The van der Waals surface area contributed by atoms with Crippen LogP contribution < -0.4 is 21.7 Å². The fraction of sp³-hybridized carbons (Fsp3) is 0.263. The van der Waals surface area contributed by atoms with E-state index < -0.39 is 0 Å². The van der Waals surface area contributed by atoms with Crippen molar-refractivity contribution >= 4 is 23.3 Å². The highest BCUT2D eigenvalue weighted by Gasteiger charge is 2.08. The topological polar surface area (TPSA) is 96.2 Å². The molecule has 25 heavy (non-hydrogen) atoms. The zero-order valence-electron chi connectivity index (χ0n) is 14.5. The third kappa shape index (κ3) is 5.84. The SMILES string of the molecule is CC(C)CNC(=O)NCc1ccc(C(=O)Nc2ccccc2N)cc1. The van der Waals surface area contributed by atoms with E-state index in [1.165, 1.54) is 0 Å². The summed E-state index contributed by atoms with van der Waals surface area (Å²) in [7, 11) is 0. The lowest BCUT2D eigenvalue weighted by Gasteiger charge is -2.10. The van der Waals surface area contributed by atoms with Crippen molar-refractivity contribution in [1.29, 1.82) is 0 Å². The smallest absolute Gasteiger partial charge is 0.315 e. The van der Waals surface area contributed by atoms with Gasteiger partial charge in [0.1, 0.15) is 0 Å². The molecule has 0 radical (unpaired) electrons. The van der Waals surface area contributed by atoms with Crippen molar-refractivity contribution in [3.05, 3.63) is 59.7 Å². The first-order chi connectivity index (χ1) is 12.0. The number of amides is 3. The third-order valence-corrected chi connectivity index (χ3v) is 3.55. The van der Waals surface area contributed by atoms with Crippen LogP contribution >= 0.6 is 0 Å². The normalized spacial score (nSPS) is 10.4. The van der Waals surface area contributed by atoms with Crippen molar-refractivity contribution in [2.45, 2.75) is 20.4 Å². The molecule has 0 bridgehead atoms. The van der Waals surface area contributed by atoms with Crippen LogP contribution in [0, 0.1) is 5.92 Å². The maximum atomic E-state index is 12.2. The first kappa shape index (κ1) is 18.3. The molecule has 0 atom stereocenters. The van der Waals surface area contributed by atoms with Crippen LogP contribution in [0.3, 0.4) is 0 Å². The predicted molar refractivity (Wildman–Crippen MR) is 100 cm³/mol. The molecule has 2 aromatic carbocycles. The van der Waals surface area contributed by atoms with Crippen LogP contribution in [0.5, 0.6) is 0 Å². The van der Waals surface area contributed by atoms with Crippen molar-refractivity contribution in [3.63, 3.8) is 0 Å². The predicted octanol–water partition coefficient (Wildman–Crippen LogP) is 2.98.